The second-order valence-corrected chi connectivity index (χ2v) is 9.54. The summed E-state index contributed by atoms with van der Waals surface area (Å²) < 4.78 is 7.83. The zero-order chi connectivity index (χ0) is 24.5. The summed E-state index contributed by atoms with van der Waals surface area (Å²) in [6, 6.07) is 7.88. The summed E-state index contributed by atoms with van der Waals surface area (Å²) in [7, 11) is 1.85. The monoisotopic (exact) mass is 486 g/mol. The summed E-state index contributed by atoms with van der Waals surface area (Å²) in [6.07, 6.45) is 10.5. The number of carbonyl (C=O) groups excluding carboxylic acids is 1. The number of piperidine rings is 2. The Kier molecular flexibility index (Phi) is 6.00. The Morgan fingerprint density at radius 1 is 0.944 bits per heavy atom. The molecule has 0 aliphatic carbocycles. The first-order chi connectivity index (χ1) is 17.6. The van der Waals surface area contributed by atoms with Crippen LogP contribution in [0.2, 0.25) is 0 Å². The van der Waals surface area contributed by atoms with Crippen molar-refractivity contribution >= 4 is 34.7 Å². The Morgan fingerprint density at radius 2 is 1.69 bits per heavy atom. The van der Waals surface area contributed by atoms with Crippen molar-refractivity contribution in [2.45, 2.75) is 38.5 Å². The minimum absolute atomic E-state index is 0.295. The van der Waals surface area contributed by atoms with Crippen LogP contribution in [0.5, 0.6) is 0 Å². The summed E-state index contributed by atoms with van der Waals surface area (Å²) in [5.41, 5.74) is 3.64. The number of carbonyl (C=O) groups is 1. The van der Waals surface area contributed by atoms with Crippen LogP contribution in [0, 0.1) is 0 Å². The van der Waals surface area contributed by atoms with E-state index in [1.54, 1.807) is 16.9 Å². The van der Waals surface area contributed by atoms with Crippen LogP contribution in [0.4, 0.5) is 17.5 Å². The first kappa shape index (κ1) is 22.5. The van der Waals surface area contributed by atoms with E-state index in [0.29, 0.717) is 34.3 Å². The van der Waals surface area contributed by atoms with E-state index < -0.39 is 0 Å². The zero-order valence-corrected chi connectivity index (χ0v) is 20.5. The number of nitrogens with zero attached hydrogens (tertiary/aromatic N) is 7. The molecule has 0 spiro atoms. The fourth-order valence-electron chi connectivity index (χ4n) is 4.96. The number of fused-ring (bicyclic) bond motifs is 1. The average molecular weight is 487 g/mol. The molecule has 0 bridgehead atoms. The molecule has 0 unspecified atom stereocenters. The molecular weight excluding hydrogens is 456 g/mol. The molecule has 4 aromatic rings. The van der Waals surface area contributed by atoms with E-state index in [0.717, 1.165) is 63.2 Å². The van der Waals surface area contributed by atoms with Gasteiger partial charge in [-0.1, -0.05) is 6.07 Å². The molecule has 4 aromatic heterocycles. The van der Waals surface area contributed by atoms with Gasteiger partial charge in [-0.2, -0.15) is 10.1 Å². The highest BCUT2D eigenvalue weighted by Crippen LogP contribution is 2.33. The van der Waals surface area contributed by atoms with Gasteiger partial charge in [0, 0.05) is 51.1 Å². The lowest BCUT2D eigenvalue weighted by atomic mass is 10.1. The van der Waals surface area contributed by atoms with E-state index in [9.17, 15) is 4.79 Å². The van der Waals surface area contributed by atoms with Gasteiger partial charge in [0.2, 0.25) is 5.65 Å². The highest BCUT2D eigenvalue weighted by atomic mass is 16.4. The van der Waals surface area contributed by atoms with Crippen molar-refractivity contribution < 1.29 is 9.21 Å². The Balaban J connectivity index is 1.33. The molecule has 0 radical (unpaired) electrons. The predicted octanol–water partition coefficient (Wildman–Crippen LogP) is 4.25. The smallest absolute Gasteiger partial charge is 0.299 e. The second kappa shape index (κ2) is 9.60. The Labute approximate surface area is 209 Å². The van der Waals surface area contributed by atoms with Crippen molar-refractivity contribution in [2.75, 3.05) is 41.3 Å². The van der Waals surface area contributed by atoms with Crippen LogP contribution < -0.4 is 15.1 Å². The predicted molar refractivity (Wildman–Crippen MR) is 138 cm³/mol. The number of pyridine rings is 2. The van der Waals surface area contributed by atoms with E-state index in [1.807, 2.05) is 31.4 Å². The van der Waals surface area contributed by atoms with Crippen LogP contribution in [-0.2, 0) is 7.05 Å². The third kappa shape index (κ3) is 4.50. The van der Waals surface area contributed by atoms with Crippen LogP contribution in [-0.4, -0.2) is 56.8 Å². The minimum atomic E-state index is -0.295. The summed E-state index contributed by atoms with van der Waals surface area (Å²) in [5.74, 6) is 0.438. The zero-order valence-electron chi connectivity index (χ0n) is 20.5. The number of rotatable bonds is 5. The van der Waals surface area contributed by atoms with Crippen molar-refractivity contribution in [3.63, 3.8) is 0 Å². The first-order valence-corrected chi connectivity index (χ1v) is 12.7. The molecule has 2 saturated heterocycles. The molecule has 1 N–H and O–H groups in total. The quantitative estimate of drug-likeness (QED) is 0.446. The van der Waals surface area contributed by atoms with Gasteiger partial charge in [0.05, 0.1) is 17.6 Å². The summed E-state index contributed by atoms with van der Waals surface area (Å²) >= 11 is 0. The minimum Gasteiger partial charge on any atom is -0.422 e. The van der Waals surface area contributed by atoms with Gasteiger partial charge in [0.15, 0.2) is 11.4 Å². The van der Waals surface area contributed by atoms with Crippen LogP contribution in [0.15, 0.2) is 41.1 Å². The van der Waals surface area contributed by atoms with Crippen molar-refractivity contribution in [1.29, 1.82) is 0 Å². The number of hydrogen-bond acceptors (Lipinski definition) is 8. The molecule has 2 fully saturated rings. The van der Waals surface area contributed by atoms with Crippen molar-refractivity contribution in [1.82, 2.24) is 24.7 Å². The van der Waals surface area contributed by atoms with E-state index in [2.05, 4.69) is 25.2 Å². The molecule has 10 heteroatoms. The molecule has 1 amide bonds. The SMILES string of the molecule is Cn1cc(-c2cccc(C(=O)Nc3cc4oc(N5CCCCC5)nc4nc3N3CCCCC3)n2)cn1. The standard InChI is InChI=1S/C26H30N8O2/c1-32-17-18(16-27-32)19-9-8-10-20(28-19)25(35)29-21-15-22-23(30-24(21)33-11-4-2-5-12-33)31-26(36-22)34-13-6-3-7-14-34/h8-10,15-17H,2-7,11-14H2,1H3,(H,29,35). The van der Waals surface area contributed by atoms with Crippen molar-refractivity contribution in [3.8, 4) is 11.3 Å². The molecule has 36 heavy (non-hydrogen) atoms. The van der Waals surface area contributed by atoms with Gasteiger partial charge in [0.1, 0.15) is 5.69 Å². The molecule has 0 atom stereocenters. The normalized spacial score (nSPS) is 16.5. The van der Waals surface area contributed by atoms with E-state index in [4.69, 9.17) is 14.4 Å². The number of aromatic nitrogens is 5. The average Bonchev–Trinajstić information content (AvgIpc) is 3.55. The topological polar surface area (TPSA) is 105 Å². The van der Waals surface area contributed by atoms with E-state index in [-0.39, 0.29) is 5.91 Å². The van der Waals surface area contributed by atoms with Crippen LogP contribution in [0.25, 0.3) is 22.5 Å². The fourth-order valence-corrected chi connectivity index (χ4v) is 4.96. The molecule has 2 aliphatic heterocycles. The lowest BCUT2D eigenvalue weighted by molar-refractivity contribution is 0.102. The summed E-state index contributed by atoms with van der Waals surface area (Å²) in [6.45, 7) is 3.67. The van der Waals surface area contributed by atoms with Gasteiger partial charge < -0.3 is 19.5 Å². The molecule has 10 nitrogen and oxygen atoms in total. The highest BCUT2D eigenvalue weighted by molar-refractivity contribution is 6.05. The fraction of sp³-hybridized carbons (Fsp3) is 0.423. The van der Waals surface area contributed by atoms with Crippen LogP contribution >= 0.6 is 0 Å². The number of amides is 1. The molecular formula is C26H30N8O2. The van der Waals surface area contributed by atoms with Crippen LogP contribution in [0.3, 0.4) is 0 Å². The van der Waals surface area contributed by atoms with Gasteiger partial charge >= 0.3 is 0 Å². The molecule has 2 aliphatic rings. The maximum Gasteiger partial charge on any atom is 0.299 e. The van der Waals surface area contributed by atoms with Gasteiger partial charge in [0.25, 0.3) is 11.9 Å². The van der Waals surface area contributed by atoms with Crippen molar-refractivity contribution in [2.24, 2.45) is 7.05 Å². The third-order valence-electron chi connectivity index (χ3n) is 6.86. The highest BCUT2D eigenvalue weighted by Gasteiger charge is 2.23. The summed E-state index contributed by atoms with van der Waals surface area (Å²) in [4.78, 5) is 31.9. The second-order valence-electron chi connectivity index (χ2n) is 9.54. The molecule has 0 saturated carbocycles. The maximum atomic E-state index is 13.3. The van der Waals surface area contributed by atoms with Gasteiger partial charge in [-0.25, -0.2) is 9.97 Å². The Hall–Kier alpha value is -3.95. The van der Waals surface area contributed by atoms with Crippen molar-refractivity contribution in [3.05, 3.63) is 42.4 Å². The largest absolute Gasteiger partial charge is 0.422 e. The number of aryl methyl sites for hydroxylation is 1. The Bertz CT molecular complexity index is 1380. The van der Waals surface area contributed by atoms with E-state index in [1.165, 1.54) is 12.8 Å². The van der Waals surface area contributed by atoms with Crippen LogP contribution in [0.1, 0.15) is 49.0 Å². The molecule has 186 valence electrons. The van der Waals surface area contributed by atoms with E-state index >= 15 is 0 Å². The number of anilines is 3. The Morgan fingerprint density at radius 3 is 2.42 bits per heavy atom. The number of oxazole rings is 1. The first-order valence-electron chi connectivity index (χ1n) is 12.7. The molecule has 0 aromatic carbocycles. The van der Waals surface area contributed by atoms with Gasteiger partial charge in [-0.05, 0) is 50.7 Å². The summed E-state index contributed by atoms with van der Waals surface area (Å²) in [5, 5.41) is 7.27. The molecule has 6 heterocycles. The maximum absolute atomic E-state index is 13.3. The lowest BCUT2D eigenvalue weighted by Gasteiger charge is -2.29. The van der Waals surface area contributed by atoms with Gasteiger partial charge in [-0.15, -0.1) is 0 Å². The molecule has 6 rings (SSSR count). The van der Waals surface area contributed by atoms with Gasteiger partial charge in [-0.3, -0.25) is 9.48 Å². The lowest BCUT2D eigenvalue weighted by Crippen LogP contribution is -2.31. The number of hydrogen-bond donors (Lipinski definition) is 1. The number of nitrogens with one attached hydrogen (secondary N) is 1. The third-order valence-corrected chi connectivity index (χ3v) is 6.86.